The molecular formula is C12H11N3O3. The third kappa shape index (κ3) is 2.73. The number of hydrogen-bond donors (Lipinski definition) is 1. The van der Waals surface area contributed by atoms with Crippen molar-refractivity contribution in [3.8, 4) is 5.88 Å². The normalized spacial score (nSPS) is 9.83. The molecule has 1 heterocycles. The molecule has 0 saturated heterocycles. The van der Waals surface area contributed by atoms with Crippen molar-refractivity contribution in [2.45, 2.75) is 0 Å². The molecule has 0 aliphatic carbocycles. The number of methoxy groups -OCH3 is 1. The zero-order valence-electron chi connectivity index (χ0n) is 9.66. The number of nitro benzene ring substituents is 1. The van der Waals surface area contributed by atoms with Crippen LogP contribution in [0.25, 0.3) is 0 Å². The van der Waals surface area contributed by atoms with Crippen LogP contribution in [0.5, 0.6) is 5.88 Å². The molecule has 1 aromatic heterocycles. The minimum absolute atomic E-state index is 0.0633. The molecule has 0 atom stereocenters. The molecular weight excluding hydrogens is 234 g/mol. The highest BCUT2D eigenvalue weighted by Crippen LogP contribution is 2.20. The highest BCUT2D eigenvalue weighted by atomic mass is 16.6. The highest BCUT2D eigenvalue weighted by Gasteiger charge is 2.04. The van der Waals surface area contributed by atoms with E-state index in [0.29, 0.717) is 5.88 Å². The van der Waals surface area contributed by atoms with Gasteiger partial charge in [0, 0.05) is 23.9 Å². The van der Waals surface area contributed by atoms with E-state index in [2.05, 4.69) is 10.3 Å². The van der Waals surface area contributed by atoms with Crippen LogP contribution in [0.1, 0.15) is 0 Å². The number of hydrogen-bond acceptors (Lipinski definition) is 5. The summed E-state index contributed by atoms with van der Waals surface area (Å²) < 4.78 is 4.95. The summed E-state index contributed by atoms with van der Waals surface area (Å²) in [6.07, 6.45) is 1.63. The third-order valence-electron chi connectivity index (χ3n) is 2.31. The first-order valence-electron chi connectivity index (χ1n) is 5.20. The lowest BCUT2D eigenvalue weighted by Crippen LogP contribution is -1.93. The van der Waals surface area contributed by atoms with Crippen molar-refractivity contribution < 1.29 is 9.66 Å². The van der Waals surface area contributed by atoms with E-state index >= 15 is 0 Å². The van der Waals surface area contributed by atoms with Gasteiger partial charge in [0.25, 0.3) is 5.69 Å². The van der Waals surface area contributed by atoms with Crippen molar-refractivity contribution in [3.05, 3.63) is 52.7 Å². The number of anilines is 2. The van der Waals surface area contributed by atoms with Crippen LogP contribution in [0.15, 0.2) is 42.6 Å². The van der Waals surface area contributed by atoms with E-state index in [1.165, 1.54) is 12.1 Å². The number of benzene rings is 1. The first-order chi connectivity index (χ1) is 8.69. The predicted molar refractivity (Wildman–Crippen MR) is 67.2 cm³/mol. The minimum atomic E-state index is -0.432. The number of pyridine rings is 1. The van der Waals surface area contributed by atoms with Gasteiger partial charge in [0.15, 0.2) is 0 Å². The Kier molecular flexibility index (Phi) is 3.38. The van der Waals surface area contributed by atoms with Crippen LogP contribution < -0.4 is 10.1 Å². The monoisotopic (exact) mass is 245 g/mol. The summed E-state index contributed by atoms with van der Waals surface area (Å²) in [7, 11) is 1.55. The molecule has 0 aliphatic rings. The molecule has 18 heavy (non-hydrogen) atoms. The van der Waals surface area contributed by atoms with Crippen LogP contribution in [0, 0.1) is 10.1 Å². The van der Waals surface area contributed by atoms with E-state index in [9.17, 15) is 10.1 Å². The zero-order chi connectivity index (χ0) is 13.0. The summed E-state index contributed by atoms with van der Waals surface area (Å²) in [6, 6.07) is 9.71. The van der Waals surface area contributed by atoms with E-state index in [1.54, 1.807) is 31.5 Å². The predicted octanol–water partition coefficient (Wildman–Crippen LogP) is 2.74. The lowest BCUT2D eigenvalue weighted by molar-refractivity contribution is -0.384. The molecule has 0 amide bonds. The van der Waals surface area contributed by atoms with Crippen LogP contribution in [0.3, 0.4) is 0 Å². The van der Waals surface area contributed by atoms with Gasteiger partial charge in [-0.15, -0.1) is 0 Å². The molecule has 0 bridgehead atoms. The Balaban J connectivity index is 2.10. The topological polar surface area (TPSA) is 77.3 Å². The highest BCUT2D eigenvalue weighted by molar-refractivity contribution is 5.60. The average Bonchev–Trinajstić information content (AvgIpc) is 2.40. The van der Waals surface area contributed by atoms with Gasteiger partial charge in [-0.2, -0.15) is 0 Å². The number of aromatic nitrogens is 1. The second kappa shape index (κ2) is 5.13. The summed E-state index contributed by atoms with van der Waals surface area (Å²) in [4.78, 5) is 14.1. The lowest BCUT2D eigenvalue weighted by atomic mass is 10.2. The van der Waals surface area contributed by atoms with Gasteiger partial charge < -0.3 is 10.1 Å². The van der Waals surface area contributed by atoms with Gasteiger partial charge >= 0.3 is 0 Å². The first kappa shape index (κ1) is 11.8. The molecule has 2 rings (SSSR count). The molecule has 0 aliphatic heterocycles. The Morgan fingerprint density at radius 1 is 1.17 bits per heavy atom. The van der Waals surface area contributed by atoms with Gasteiger partial charge in [-0.1, -0.05) is 0 Å². The maximum Gasteiger partial charge on any atom is 0.269 e. The van der Waals surface area contributed by atoms with Gasteiger partial charge in [0.05, 0.1) is 23.9 Å². The van der Waals surface area contributed by atoms with Gasteiger partial charge in [0.1, 0.15) is 0 Å². The number of nitrogens with one attached hydrogen (secondary N) is 1. The van der Waals surface area contributed by atoms with E-state index in [0.717, 1.165) is 11.4 Å². The number of ether oxygens (including phenoxy) is 1. The standard InChI is InChI=1S/C12H11N3O3/c1-18-12-7-4-10(8-13-12)14-9-2-5-11(6-3-9)15(16)17/h2-8,14H,1H3. The van der Waals surface area contributed by atoms with Crippen molar-refractivity contribution in [3.63, 3.8) is 0 Å². The fourth-order valence-electron chi connectivity index (χ4n) is 1.41. The lowest BCUT2D eigenvalue weighted by Gasteiger charge is -2.06. The zero-order valence-corrected chi connectivity index (χ0v) is 9.66. The van der Waals surface area contributed by atoms with Gasteiger partial charge in [-0.25, -0.2) is 4.98 Å². The quantitative estimate of drug-likeness (QED) is 0.662. The molecule has 92 valence electrons. The first-order valence-corrected chi connectivity index (χ1v) is 5.20. The molecule has 6 heteroatoms. The number of rotatable bonds is 4. The summed E-state index contributed by atoms with van der Waals surface area (Å²) in [6.45, 7) is 0. The Bertz CT molecular complexity index is 537. The Hall–Kier alpha value is -2.63. The molecule has 1 aromatic carbocycles. The largest absolute Gasteiger partial charge is 0.481 e. The average molecular weight is 245 g/mol. The SMILES string of the molecule is COc1ccc(Nc2ccc([N+](=O)[O-])cc2)cn1. The molecule has 0 fully saturated rings. The van der Waals surface area contributed by atoms with Gasteiger partial charge in [0.2, 0.25) is 5.88 Å². The van der Waals surface area contributed by atoms with E-state index < -0.39 is 4.92 Å². The molecule has 2 aromatic rings. The number of non-ortho nitro benzene ring substituents is 1. The summed E-state index contributed by atoms with van der Waals surface area (Å²) in [5.41, 5.74) is 1.60. The van der Waals surface area contributed by atoms with E-state index in [1.807, 2.05) is 6.07 Å². The maximum atomic E-state index is 10.5. The number of nitrogens with zero attached hydrogens (tertiary/aromatic N) is 2. The number of nitro groups is 1. The molecule has 0 saturated carbocycles. The summed E-state index contributed by atoms with van der Waals surface area (Å²) >= 11 is 0. The van der Waals surface area contributed by atoms with Gasteiger partial charge in [-0.05, 0) is 18.2 Å². The van der Waals surface area contributed by atoms with Crippen molar-refractivity contribution in [2.24, 2.45) is 0 Å². The van der Waals surface area contributed by atoms with Crippen LogP contribution in [-0.4, -0.2) is 17.0 Å². The molecule has 0 unspecified atom stereocenters. The smallest absolute Gasteiger partial charge is 0.269 e. The minimum Gasteiger partial charge on any atom is -0.481 e. The van der Waals surface area contributed by atoms with Crippen LogP contribution in [0.2, 0.25) is 0 Å². The second-order valence-electron chi connectivity index (χ2n) is 3.52. The van der Waals surface area contributed by atoms with Crippen LogP contribution in [-0.2, 0) is 0 Å². The fourth-order valence-corrected chi connectivity index (χ4v) is 1.41. The van der Waals surface area contributed by atoms with Gasteiger partial charge in [-0.3, -0.25) is 10.1 Å². The van der Waals surface area contributed by atoms with Crippen LogP contribution >= 0.6 is 0 Å². The molecule has 0 radical (unpaired) electrons. The van der Waals surface area contributed by atoms with Crippen molar-refractivity contribution >= 4 is 17.1 Å². The molecule has 6 nitrogen and oxygen atoms in total. The summed E-state index contributed by atoms with van der Waals surface area (Å²) in [5.74, 6) is 0.532. The maximum absolute atomic E-state index is 10.5. The fraction of sp³-hybridized carbons (Fsp3) is 0.0833. The Morgan fingerprint density at radius 2 is 1.83 bits per heavy atom. The van der Waals surface area contributed by atoms with E-state index in [-0.39, 0.29) is 5.69 Å². The summed E-state index contributed by atoms with van der Waals surface area (Å²) in [5, 5.41) is 13.6. The second-order valence-corrected chi connectivity index (χ2v) is 3.52. The van der Waals surface area contributed by atoms with Crippen LogP contribution in [0.4, 0.5) is 17.1 Å². The van der Waals surface area contributed by atoms with Crippen molar-refractivity contribution in [1.29, 1.82) is 0 Å². The van der Waals surface area contributed by atoms with Crippen molar-refractivity contribution in [2.75, 3.05) is 12.4 Å². The van der Waals surface area contributed by atoms with E-state index in [4.69, 9.17) is 4.74 Å². The Labute approximate surface area is 103 Å². The Morgan fingerprint density at radius 3 is 2.33 bits per heavy atom. The molecule has 1 N–H and O–H groups in total. The third-order valence-corrected chi connectivity index (χ3v) is 2.31. The van der Waals surface area contributed by atoms with Crippen molar-refractivity contribution in [1.82, 2.24) is 4.98 Å². The molecule has 0 spiro atoms.